The number of carbonyl (C=O) groups excluding carboxylic acids is 1. The van der Waals surface area contributed by atoms with Gasteiger partial charge in [0.1, 0.15) is 0 Å². The van der Waals surface area contributed by atoms with Gasteiger partial charge in [-0.3, -0.25) is 4.79 Å². The van der Waals surface area contributed by atoms with Crippen LogP contribution < -0.4 is 5.32 Å². The van der Waals surface area contributed by atoms with E-state index < -0.39 is 0 Å². The number of alkyl halides is 1. The molecular formula is C11H14ClNO. The van der Waals surface area contributed by atoms with Crippen LogP contribution in [0.3, 0.4) is 0 Å². The number of hydrogen-bond donors (Lipinski definition) is 1. The minimum absolute atomic E-state index is 0.0644. The number of aryl methyl sites for hydroxylation is 1. The Labute approximate surface area is 89.3 Å². The van der Waals surface area contributed by atoms with Crippen molar-refractivity contribution in [3.05, 3.63) is 35.9 Å². The Morgan fingerprint density at radius 2 is 2.00 bits per heavy atom. The monoisotopic (exact) mass is 211 g/mol. The SMILES string of the molecule is O=C(CCc1ccccc1)NCCCl. The number of rotatable bonds is 5. The Balaban J connectivity index is 2.24. The van der Waals surface area contributed by atoms with Crippen LogP contribution in [0.5, 0.6) is 0 Å². The predicted molar refractivity (Wildman–Crippen MR) is 58.5 cm³/mol. The molecule has 76 valence electrons. The minimum atomic E-state index is 0.0644. The largest absolute Gasteiger partial charge is 0.355 e. The fraction of sp³-hybridized carbons (Fsp3) is 0.364. The lowest BCUT2D eigenvalue weighted by Gasteiger charge is -2.02. The number of nitrogens with one attached hydrogen (secondary N) is 1. The molecule has 2 nitrogen and oxygen atoms in total. The van der Waals surface area contributed by atoms with Gasteiger partial charge in [-0.1, -0.05) is 30.3 Å². The number of benzene rings is 1. The normalized spacial score (nSPS) is 9.79. The van der Waals surface area contributed by atoms with Gasteiger partial charge in [0.15, 0.2) is 0 Å². The van der Waals surface area contributed by atoms with Crippen molar-refractivity contribution in [2.24, 2.45) is 0 Å². The van der Waals surface area contributed by atoms with Crippen LogP contribution in [-0.2, 0) is 11.2 Å². The molecule has 1 N–H and O–H groups in total. The van der Waals surface area contributed by atoms with Crippen LogP contribution in [0.15, 0.2) is 30.3 Å². The molecule has 0 aromatic heterocycles. The second-order valence-corrected chi connectivity index (χ2v) is 3.40. The first-order valence-corrected chi connectivity index (χ1v) is 5.23. The molecule has 1 aromatic rings. The van der Waals surface area contributed by atoms with Crippen molar-refractivity contribution in [2.75, 3.05) is 12.4 Å². The lowest BCUT2D eigenvalue weighted by molar-refractivity contribution is -0.120. The van der Waals surface area contributed by atoms with E-state index in [-0.39, 0.29) is 5.91 Å². The molecule has 0 saturated heterocycles. The summed E-state index contributed by atoms with van der Waals surface area (Å²) in [6, 6.07) is 9.97. The molecule has 0 saturated carbocycles. The molecule has 3 heteroatoms. The van der Waals surface area contributed by atoms with Crippen LogP contribution in [0.1, 0.15) is 12.0 Å². The van der Waals surface area contributed by atoms with Crippen LogP contribution in [0.25, 0.3) is 0 Å². The number of amides is 1. The zero-order valence-electron chi connectivity index (χ0n) is 8.00. The summed E-state index contributed by atoms with van der Waals surface area (Å²) in [5, 5.41) is 2.73. The maximum Gasteiger partial charge on any atom is 0.220 e. The lowest BCUT2D eigenvalue weighted by Crippen LogP contribution is -2.25. The van der Waals surface area contributed by atoms with E-state index in [0.29, 0.717) is 18.8 Å². The molecule has 1 amide bonds. The molecule has 0 unspecified atom stereocenters. The zero-order chi connectivity index (χ0) is 10.2. The Kier molecular flexibility index (Phi) is 5.08. The summed E-state index contributed by atoms with van der Waals surface area (Å²) in [5.41, 5.74) is 1.19. The molecule has 0 fully saturated rings. The summed E-state index contributed by atoms with van der Waals surface area (Å²) in [6.07, 6.45) is 1.32. The van der Waals surface area contributed by atoms with Gasteiger partial charge in [-0.2, -0.15) is 0 Å². The number of hydrogen-bond acceptors (Lipinski definition) is 1. The first-order valence-electron chi connectivity index (χ1n) is 4.69. The van der Waals surface area contributed by atoms with E-state index in [4.69, 9.17) is 11.6 Å². The van der Waals surface area contributed by atoms with Gasteiger partial charge in [-0.05, 0) is 12.0 Å². The van der Waals surface area contributed by atoms with Crippen LogP contribution >= 0.6 is 11.6 Å². The van der Waals surface area contributed by atoms with E-state index in [2.05, 4.69) is 5.32 Å². The summed E-state index contributed by atoms with van der Waals surface area (Å²) in [5.74, 6) is 0.534. The molecule has 0 aliphatic rings. The summed E-state index contributed by atoms with van der Waals surface area (Å²) < 4.78 is 0. The van der Waals surface area contributed by atoms with Gasteiger partial charge in [-0.15, -0.1) is 11.6 Å². The Hall–Kier alpha value is -1.02. The zero-order valence-corrected chi connectivity index (χ0v) is 8.76. The highest BCUT2D eigenvalue weighted by atomic mass is 35.5. The summed E-state index contributed by atoms with van der Waals surface area (Å²) in [4.78, 5) is 11.2. The van der Waals surface area contributed by atoms with Crippen LogP contribution in [-0.4, -0.2) is 18.3 Å². The van der Waals surface area contributed by atoms with Crippen LogP contribution in [0.4, 0.5) is 0 Å². The molecule has 0 bridgehead atoms. The first-order chi connectivity index (χ1) is 6.83. The Morgan fingerprint density at radius 1 is 1.29 bits per heavy atom. The molecule has 0 atom stereocenters. The minimum Gasteiger partial charge on any atom is -0.355 e. The second kappa shape index (κ2) is 6.44. The van der Waals surface area contributed by atoms with E-state index in [1.165, 1.54) is 5.56 Å². The predicted octanol–water partition coefficient (Wildman–Crippen LogP) is 1.97. The van der Waals surface area contributed by atoms with E-state index >= 15 is 0 Å². The number of halogens is 1. The van der Waals surface area contributed by atoms with Crippen molar-refractivity contribution in [1.82, 2.24) is 5.32 Å². The summed E-state index contributed by atoms with van der Waals surface area (Å²) in [6.45, 7) is 0.551. The van der Waals surface area contributed by atoms with Crippen LogP contribution in [0, 0.1) is 0 Å². The van der Waals surface area contributed by atoms with Crippen molar-refractivity contribution in [3.8, 4) is 0 Å². The quantitative estimate of drug-likeness (QED) is 0.742. The Bertz CT molecular complexity index is 274. The van der Waals surface area contributed by atoms with Crippen molar-refractivity contribution in [1.29, 1.82) is 0 Å². The topological polar surface area (TPSA) is 29.1 Å². The maximum atomic E-state index is 11.2. The average Bonchev–Trinajstić information content (AvgIpc) is 2.25. The summed E-state index contributed by atoms with van der Waals surface area (Å²) in [7, 11) is 0. The highest BCUT2D eigenvalue weighted by Crippen LogP contribution is 2.01. The smallest absolute Gasteiger partial charge is 0.220 e. The lowest BCUT2D eigenvalue weighted by atomic mass is 10.1. The highest BCUT2D eigenvalue weighted by Gasteiger charge is 2.00. The summed E-state index contributed by atoms with van der Waals surface area (Å²) >= 11 is 5.45. The van der Waals surface area contributed by atoms with E-state index in [0.717, 1.165) is 6.42 Å². The van der Waals surface area contributed by atoms with Gasteiger partial charge in [0.25, 0.3) is 0 Å². The van der Waals surface area contributed by atoms with Gasteiger partial charge < -0.3 is 5.32 Å². The standard InChI is InChI=1S/C11H14ClNO/c12-8-9-13-11(14)7-6-10-4-2-1-3-5-10/h1-5H,6-9H2,(H,13,14). The van der Waals surface area contributed by atoms with E-state index in [1.54, 1.807) is 0 Å². The van der Waals surface area contributed by atoms with Gasteiger partial charge in [0, 0.05) is 18.8 Å². The third-order valence-corrected chi connectivity index (χ3v) is 2.09. The second-order valence-electron chi connectivity index (χ2n) is 3.02. The van der Waals surface area contributed by atoms with Gasteiger partial charge in [-0.25, -0.2) is 0 Å². The average molecular weight is 212 g/mol. The van der Waals surface area contributed by atoms with Crippen molar-refractivity contribution in [2.45, 2.75) is 12.8 Å². The molecule has 14 heavy (non-hydrogen) atoms. The molecule has 1 aromatic carbocycles. The third-order valence-electron chi connectivity index (χ3n) is 1.90. The molecular weight excluding hydrogens is 198 g/mol. The first kappa shape index (κ1) is 11.1. The maximum absolute atomic E-state index is 11.2. The van der Waals surface area contributed by atoms with Crippen molar-refractivity contribution >= 4 is 17.5 Å². The van der Waals surface area contributed by atoms with Gasteiger partial charge in [0.2, 0.25) is 5.91 Å². The van der Waals surface area contributed by atoms with Crippen LogP contribution in [0.2, 0.25) is 0 Å². The van der Waals surface area contributed by atoms with Gasteiger partial charge >= 0.3 is 0 Å². The van der Waals surface area contributed by atoms with Crippen molar-refractivity contribution < 1.29 is 4.79 Å². The molecule has 0 aliphatic heterocycles. The fourth-order valence-electron chi connectivity index (χ4n) is 1.18. The third kappa shape index (κ3) is 4.28. The van der Waals surface area contributed by atoms with E-state index in [9.17, 15) is 4.79 Å². The number of carbonyl (C=O) groups is 1. The van der Waals surface area contributed by atoms with Crippen molar-refractivity contribution in [3.63, 3.8) is 0 Å². The molecule has 0 aliphatic carbocycles. The molecule has 0 spiro atoms. The molecule has 0 radical (unpaired) electrons. The molecule has 0 heterocycles. The van der Waals surface area contributed by atoms with Gasteiger partial charge in [0.05, 0.1) is 0 Å². The Morgan fingerprint density at radius 3 is 2.64 bits per heavy atom. The molecule has 1 rings (SSSR count). The fourth-order valence-corrected chi connectivity index (χ4v) is 1.27. The van der Waals surface area contributed by atoms with E-state index in [1.807, 2.05) is 30.3 Å². The highest BCUT2D eigenvalue weighted by molar-refractivity contribution is 6.18.